The number of hydrogen-bond acceptors (Lipinski definition) is 3. The van der Waals surface area contributed by atoms with E-state index in [9.17, 15) is 9.59 Å². The number of ether oxygens (including phenoxy) is 1. The summed E-state index contributed by atoms with van der Waals surface area (Å²) in [5, 5.41) is 0. The van der Waals surface area contributed by atoms with Gasteiger partial charge in [0.1, 0.15) is 0 Å². The quantitative estimate of drug-likeness (QED) is 0.796. The maximum atomic E-state index is 13.0. The van der Waals surface area contributed by atoms with Crippen LogP contribution < -0.4 is 0 Å². The number of benzene rings is 1. The van der Waals surface area contributed by atoms with Crippen molar-refractivity contribution >= 4 is 11.8 Å². The normalized spacial score (nSPS) is 20.2. The molecule has 1 aliphatic heterocycles. The van der Waals surface area contributed by atoms with Gasteiger partial charge in [0.15, 0.2) is 6.10 Å². The van der Waals surface area contributed by atoms with Crippen molar-refractivity contribution < 1.29 is 14.3 Å². The molecule has 1 saturated carbocycles. The summed E-state index contributed by atoms with van der Waals surface area (Å²) in [6.45, 7) is 5.23. The van der Waals surface area contributed by atoms with Crippen LogP contribution >= 0.6 is 0 Å². The molecule has 0 radical (unpaired) electrons. The van der Waals surface area contributed by atoms with Gasteiger partial charge in [-0.2, -0.15) is 0 Å². The Kier molecular flexibility index (Phi) is 4.22. The van der Waals surface area contributed by atoms with Gasteiger partial charge in [0.25, 0.3) is 5.91 Å². The van der Waals surface area contributed by atoms with Gasteiger partial charge in [-0.05, 0) is 24.5 Å². The van der Waals surface area contributed by atoms with Crippen molar-refractivity contribution in [3.63, 3.8) is 0 Å². The van der Waals surface area contributed by atoms with Gasteiger partial charge in [-0.1, -0.05) is 36.9 Å². The highest BCUT2D eigenvalue weighted by molar-refractivity contribution is 5.88. The van der Waals surface area contributed by atoms with Crippen LogP contribution in [-0.4, -0.2) is 53.9 Å². The van der Waals surface area contributed by atoms with E-state index in [0.717, 1.165) is 18.4 Å². The lowest BCUT2D eigenvalue weighted by Crippen LogP contribution is -2.59. The van der Waals surface area contributed by atoms with Gasteiger partial charge >= 0.3 is 0 Å². The first-order valence-corrected chi connectivity index (χ1v) is 7.92. The molecule has 0 unspecified atom stereocenters. The Morgan fingerprint density at radius 2 is 1.96 bits per heavy atom. The fraction of sp³-hybridized carbons (Fsp3) is 0.444. The minimum atomic E-state index is -0.588. The van der Waals surface area contributed by atoms with Crippen molar-refractivity contribution in [3.05, 3.63) is 48.6 Å². The molecule has 5 nitrogen and oxygen atoms in total. The Labute approximate surface area is 136 Å². The average molecular weight is 314 g/mol. The molecule has 3 rings (SSSR count). The largest absolute Gasteiger partial charge is 0.367 e. The Morgan fingerprint density at radius 1 is 1.26 bits per heavy atom. The molecule has 1 spiro atoms. The second-order valence-corrected chi connectivity index (χ2v) is 6.20. The maximum absolute atomic E-state index is 13.0. The predicted molar refractivity (Wildman–Crippen MR) is 86.6 cm³/mol. The Morgan fingerprint density at radius 3 is 2.52 bits per heavy atom. The SMILES string of the molecule is C=CC(=O)N1CCN(C(=O)[C@H](OC)c2ccccc2)C2(CC2)C1. The number of methoxy groups -OCH3 is 1. The molecular formula is C18H22N2O3. The fourth-order valence-corrected chi connectivity index (χ4v) is 3.36. The molecular weight excluding hydrogens is 292 g/mol. The van der Waals surface area contributed by atoms with Crippen molar-refractivity contribution in [2.24, 2.45) is 0 Å². The molecule has 0 N–H and O–H groups in total. The number of amides is 2. The fourth-order valence-electron chi connectivity index (χ4n) is 3.36. The molecule has 1 saturated heterocycles. The third-order valence-corrected chi connectivity index (χ3v) is 4.79. The highest BCUT2D eigenvalue weighted by atomic mass is 16.5. The monoisotopic (exact) mass is 314 g/mol. The zero-order chi connectivity index (χ0) is 16.4. The topological polar surface area (TPSA) is 49.9 Å². The maximum Gasteiger partial charge on any atom is 0.256 e. The molecule has 23 heavy (non-hydrogen) atoms. The van der Waals surface area contributed by atoms with Gasteiger partial charge in [-0.3, -0.25) is 9.59 Å². The van der Waals surface area contributed by atoms with Crippen LogP contribution in [0.3, 0.4) is 0 Å². The van der Waals surface area contributed by atoms with E-state index in [1.165, 1.54) is 6.08 Å². The molecule has 1 aromatic carbocycles. The predicted octanol–water partition coefficient (Wildman–Crippen LogP) is 1.76. The lowest BCUT2D eigenvalue weighted by molar-refractivity contribution is -0.151. The Bertz CT molecular complexity index is 610. The van der Waals surface area contributed by atoms with Crippen molar-refractivity contribution in [2.45, 2.75) is 24.5 Å². The first-order chi connectivity index (χ1) is 11.1. The number of carbonyl (C=O) groups is 2. The van der Waals surface area contributed by atoms with Crippen LogP contribution in [-0.2, 0) is 14.3 Å². The van der Waals surface area contributed by atoms with Crippen molar-refractivity contribution in [2.75, 3.05) is 26.7 Å². The van der Waals surface area contributed by atoms with Crippen molar-refractivity contribution in [1.82, 2.24) is 9.80 Å². The van der Waals surface area contributed by atoms with Gasteiger partial charge < -0.3 is 14.5 Å². The molecule has 0 bridgehead atoms. The summed E-state index contributed by atoms with van der Waals surface area (Å²) < 4.78 is 5.48. The molecule has 122 valence electrons. The molecule has 2 fully saturated rings. The summed E-state index contributed by atoms with van der Waals surface area (Å²) in [7, 11) is 1.56. The second-order valence-electron chi connectivity index (χ2n) is 6.20. The highest BCUT2D eigenvalue weighted by Gasteiger charge is 2.54. The Balaban J connectivity index is 1.78. The molecule has 2 amide bonds. The number of hydrogen-bond donors (Lipinski definition) is 0. The summed E-state index contributed by atoms with van der Waals surface area (Å²) in [6.07, 6.45) is 2.63. The van der Waals surface area contributed by atoms with Gasteiger partial charge in [0.05, 0.1) is 5.54 Å². The van der Waals surface area contributed by atoms with Gasteiger partial charge in [-0.15, -0.1) is 0 Å². The molecule has 2 aliphatic rings. The number of rotatable bonds is 4. The zero-order valence-electron chi connectivity index (χ0n) is 13.4. The first-order valence-electron chi connectivity index (χ1n) is 7.92. The van der Waals surface area contributed by atoms with Crippen LogP contribution in [0.25, 0.3) is 0 Å². The van der Waals surface area contributed by atoms with Crippen LogP contribution in [0.5, 0.6) is 0 Å². The van der Waals surface area contributed by atoms with Crippen molar-refractivity contribution in [3.8, 4) is 0 Å². The smallest absolute Gasteiger partial charge is 0.256 e. The highest BCUT2D eigenvalue weighted by Crippen LogP contribution is 2.45. The third kappa shape index (κ3) is 2.88. The number of piperazine rings is 1. The van der Waals surface area contributed by atoms with Gasteiger partial charge in [0.2, 0.25) is 5.91 Å². The van der Waals surface area contributed by atoms with Crippen molar-refractivity contribution in [1.29, 1.82) is 0 Å². The summed E-state index contributed by atoms with van der Waals surface area (Å²) in [4.78, 5) is 28.6. The molecule has 5 heteroatoms. The van der Waals surface area contributed by atoms with E-state index in [1.54, 1.807) is 12.0 Å². The number of carbonyl (C=O) groups excluding carboxylic acids is 2. The average Bonchev–Trinajstić information content (AvgIpc) is 3.35. The van der Waals surface area contributed by atoms with Crippen LogP contribution in [0.4, 0.5) is 0 Å². The minimum Gasteiger partial charge on any atom is -0.367 e. The van der Waals surface area contributed by atoms with E-state index in [1.807, 2.05) is 35.2 Å². The van der Waals surface area contributed by atoms with Gasteiger partial charge in [-0.25, -0.2) is 0 Å². The van der Waals surface area contributed by atoms with E-state index >= 15 is 0 Å². The van der Waals surface area contributed by atoms with E-state index in [-0.39, 0.29) is 17.4 Å². The lowest BCUT2D eigenvalue weighted by atomic mass is 10.0. The van der Waals surface area contributed by atoms with Gasteiger partial charge in [0, 0.05) is 26.7 Å². The Hall–Kier alpha value is -2.14. The molecule has 1 aromatic rings. The summed E-state index contributed by atoms with van der Waals surface area (Å²) in [5.41, 5.74) is 0.653. The lowest BCUT2D eigenvalue weighted by Gasteiger charge is -2.43. The molecule has 0 aromatic heterocycles. The van der Waals surface area contributed by atoms with E-state index in [0.29, 0.717) is 19.6 Å². The second kappa shape index (κ2) is 6.16. The minimum absolute atomic E-state index is 0.0121. The summed E-state index contributed by atoms with van der Waals surface area (Å²) in [5.74, 6) is -0.0726. The summed E-state index contributed by atoms with van der Waals surface area (Å²) >= 11 is 0. The summed E-state index contributed by atoms with van der Waals surface area (Å²) in [6, 6.07) is 9.54. The standard InChI is InChI=1S/C18H22N2O3/c1-3-15(21)19-11-12-20(18(13-19)9-10-18)17(22)16(23-2)14-7-5-4-6-8-14/h3-8,16H,1,9-13H2,2H3/t16-/m1/s1. The molecule has 1 aliphatic carbocycles. The first kappa shape index (κ1) is 15.7. The molecule has 1 atom stereocenters. The van der Waals surface area contributed by atoms with Crippen LogP contribution in [0.15, 0.2) is 43.0 Å². The third-order valence-electron chi connectivity index (χ3n) is 4.79. The zero-order valence-corrected chi connectivity index (χ0v) is 13.4. The van der Waals surface area contributed by atoms with E-state index < -0.39 is 6.10 Å². The van der Waals surface area contributed by atoms with Crippen LogP contribution in [0.2, 0.25) is 0 Å². The number of nitrogens with zero attached hydrogens (tertiary/aromatic N) is 2. The van der Waals surface area contributed by atoms with E-state index in [2.05, 4.69) is 6.58 Å². The van der Waals surface area contributed by atoms with E-state index in [4.69, 9.17) is 4.74 Å². The van der Waals surface area contributed by atoms with Crippen LogP contribution in [0, 0.1) is 0 Å². The molecule has 1 heterocycles. The van der Waals surface area contributed by atoms with Crippen LogP contribution in [0.1, 0.15) is 24.5 Å².